The van der Waals surface area contributed by atoms with Gasteiger partial charge < -0.3 is 0 Å². The fraction of sp³-hybridized carbons (Fsp3) is 0.588. The Hall–Kier alpha value is -0.760. The summed E-state index contributed by atoms with van der Waals surface area (Å²) in [5, 5.41) is 0.482. The van der Waals surface area contributed by atoms with E-state index in [4.69, 9.17) is 0 Å². The van der Waals surface area contributed by atoms with Gasteiger partial charge in [0.05, 0.1) is 0 Å². The van der Waals surface area contributed by atoms with E-state index >= 15 is 0 Å². The van der Waals surface area contributed by atoms with Crippen molar-refractivity contribution >= 4 is 17.5 Å². The lowest BCUT2D eigenvalue weighted by molar-refractivity contribution is -0.120. The zero-order chi connectivity index (χ0) is 14.0. The Morgan fingerprint density at radius 2 is 2.00 bits per heavy atom. The van der Waals surface area contributed by atoms with Crippen LogP contribution in [-0.4, -0.2) is 11.0 Å². The Kier molecular flexibility index (Phi) is 4.39. The van der Waals surface area contributed by atoms with Crippen molar-refractivity contribution in [3.8, 4) is 0 Å². The highest BCUT2D eigenvalue weighted by molar-refractivity contribution is 8.00. The van der Waals surface area contributed by atoms with Gasteiger partial charge >= 0.3 is 0 Å². The molecule has 0 saturated heterocycles. The number of hydrogen-bond donors (Lipinski definition) is 0. The van der Waals surface area contributed by atoms with Gasteiger partial charge in [-0.3, -0.25) is 4.79 Å². The fourth-order valence-corrected chi connectivity index (χ4v) is 3.82. The molecule has 0 heterocycles. The number of ketones is 1. The van der Waals surface area contributed by atoms with Gasteiger partial charge in [0.2, 0.25) is 0 Å². The molecule has 1 aliphatic rings. The second kappa shape index (κ2) is 5.70. The van der Waals surface area contributed by atoms with Crippen molar-refractivity contribution in [2.24, 2.45) is 0 Å². The number of Topliss-reactive ketones (excluding diaryl/α,β-unsaturated/α-hetero) is 1. The van der Waals surface area contributed by atoms with Crippen molar-refractivity contribution in [1.29, 1.82) is 0 Å². The van der Waals surface area contributed by atoms with Gasteiger partial charge in [-0.1, -0.05) is 32.9 Å². The molecular weight excluding hydrogens is 252 g/mol. The molecule has 0 radical (unpaired) electrons. The third-order valence-corrected chi connectivity index (χ3v) is 5.21. The second-order valence-corrected chi connectivity index (χ2v) is 7.95. The minimum Gasteiger partial charge on any atom is -0.300 e. The van der Waals surface area contributed by atoms with Crippen LogP contribution in [0.4, 0.5) is 0 Å². The van der Waals surface area contributed by atoms with Crippen LogP contribution in [0.2, 0.25) is 0 Å². The molecule has 1 nitrogen and oxygen atoms in total. The summed E-state index contributed by atoms with van der Waals surface area (Å²) in [7, 11) is 0. The van der Waals surface area contributed by atoms with E-state index in [9.17, 15) is 4.79 Å². The normalized spacial score (nSPS) is 20.6. The number of carbonyl (C=O) groups excluding carboxylic acids is 1. The molecule has 0 bridgehead atoms. The van der Waals surface area contributed by atoms with Crippen molar-refractivity contribution in [3.63, 3.8) is 0 Å². The summed E-state index contributed by atoms with van der Waals surface area (Å²) in [5.41, 5.74) is 2.89. The molecule has 0 aliphatic heterocycles. The number of benzene rings is 1. The van der Waals surface area contributed by atoms with Gasteiger partial charge in [-0.15, -0.1) is 11.8 Å². The van der Waals surface area contributed by atoms with Crippen LogP contribution in [0.25, 0.3) is 0 Å². The van der Waals surface area contributed by atoms with Gasteiger partial charge in [0.15, 0.2) is 0 Å². The predicted molar refractivity (Wildman–Crippen MR) is 83.0 cm³/mol. The first kappa shape index (κ1) is 14.6. The van der Waals surface area contributed by atoms with Crippen molar-refractivity contribution in [2.75, 3.05) is 0 Å². The smallest absolute Gasteiger partial charge is 0.134 e. The maximum absolute atomic E-state index is 11.6. The molecule has 1 aromatic carbocycles. The van der Waals surface area contributed by atoms with Crippen LogP contribution in [0.5, 0.6) is 0 Å². The van der Waals surface area contributed by atoms with E-state index in [0.717, 1.165) is 19.3 Å². The van der Waals surface area contributed by atoms with Gasteiger partial charge in [-0.05, 0) is 42.4 Å². The van der Waals surface area contributed by atoms with Gasteiger partial charge in [0.1, 0.15) is 5.78 Å². The highest BCUT2D eigenvalue weighted by atomic mass is 32.2. The van der Waals surface area contributed by atoms with E-state index in [1.54, 1.807) is 0 Å². The molecule has 1 aliphatic carbocycles. The third kappa shape index (κ3) is 3.85. The van der Waals surface area contributed by atoms with Crippen LogP contribution in [0.1, 0.15) is 57.6 Å². The Bertz CT molecular complexity index is 471. The van der Waals surface area contributed by atoms with Gasteiger partial charge in [0, 0.05) is 23.0 Å². The molecule has 104 valence electrons. The van der Waals surface area contributed by atoms with Crippen molar-refractivity contribution < 1.29 is 4.79 Å². The SMILES string of the molecule is Cc1ccc(C(C)(C)C)cc1S[C@H]1CCCC(=O)C1. The summed E-state index contributed by atoms with van der Waals surface area (Å²) < 4.78 is 0. The molecule has 1 aromatic rings. The predicted octanol–water partition coefficient (Wildman–Crippen LogP) is 4.90. The maximum atomic E-state index is 11.6. The first-order valence-electron chi connectivity index (χ1n) is 7.16. The molecule has 0 aromatic heterocycles. The van der Waals surface area contributed by atoms with Crippen molar-refractivity contribution in [1.82, 2.24) is 0 Å². The largest absolute Gasteiger partial charge is 0.300 e. The number of thioether (sulfide) groups is 1. The molecule has 1 fully saturated rings. The molecule has 0 unspecified atom stereocenters. The van der Waals surface area contributed by atoms with Gasteiger partial charge in [0.25, 0.3) is 0 Å². The highest BCUT2D eigenvalue weighted by Gasteiger charge is 2.22. The molecule has 19 heavy (non-hydrogen) atoms. The molecule has 1 saturated carbocycles. The van der Waals surface area contributed by atoms with E-state index in [-0.39, 0.29) is 5.41 Å². The lowest BCUT2D eigenvalue weighted by Crippen LogP contribution is -2.17. The number of hydrogen-bond acceptors (Lipinski definition) is 2. The van der Waals surface area contributed by atoms with Crippen molar-refractivity contribution in [3.05, 3.63) is 29.3 Å². The summed E-state index contributed by atoms with van der Waals surface area (Å²) in [6.45, 7) is 8.90. The summed E-state index contributed by atoms with van der Waals surface area (Å²) in [4.78, 5) is 12.9. The van der Waals surface area contributed by atoms with Crippen molar-refractivity contribution in [2.45, 2.75) is 68.9 Å². The van der Waals surface area contributed by atoms with E-state index in [0.29, 0.717) is 11.0 Å². The second-order valence-electron chi connectivity index (χ2n) is 6.61. The van der Waals surface area contributed by atoms with E-state index in [1.165, 1.54) is 22.4 Å². The fourth-order valence-electron chi connectivity index (χ4n) is 2.46. The zero-order valence-corrected chi connectivity index (χ0v) is 13.3. The standard InChI is InChI=1S/C17H24OS/c1-12-8-9-13(17(2,3)4)10-16(12)19-15-7-5-6-14(18)11-15/h8-10,15H,5-7,11H2,1-4H3/t15-/m0/s1. The van der Waals surface area contributed by atoms with Gasteiger partial charge in [-0.25, -0.2) is 0 Å². The van der Waals surface area contributed by atoms with Crippen LogP contribution >= 0.6 is 11.8 Å². The van der Waals surface area contributed by atoms with Crippen LogP contribution < -0.4 is 0 Å². The average molecular weight is 276 g/mol. The molecule has 2 heteroatoms. The molecule has 0 amide bonds. The minimum atomic E-state index is 0.186. The Labute approximate surface area is 121 Å². The van der Waals surface area contributed by atoms with Crippen LogP contribution in [-0.2, 0) is 10.2 Å². The van der Waals surface area contributed by atoms with Crippen LogP contribution in [0.15, 0.2) is 23.1 Å². The summed E-state index contributed by atoms with van der Waals surface area (Å²) >= 11 is 1.90. The monoisotopic (exact) mass is 276 g/mol. The zero-order valence-electron chi connectivity index (χ0n) is 12.5. The average Bonchev–Trinajstić information content (AvgIpc) is 2.30. The topological polar surface area (TPSA) is 17.1 Å². The summed E-state index contributed by atoms with van der Waals surface area (Å²) in [6.07, 6.45) is 3.78. The third-order valence-electron chi connectivity index (χ3n) is 3.78. The first-order chi connectivity index (χ1) is 8.86. The van der Waals surface area contributed by atoms with E-state index < -0.39 is 0 Å². The number of carbonyl (C=O) groups is 1. The van der Waals surface area contributed by atoms with E-state index in [2.05, 4.69) is 45.9 Å². The molecule has 0 spiro atoms. The quantitative estimate of drug-likeness (QED) is 0.764. The Balaban J connectivity index is 2.17. The summed E-state index contributed by atoms with van der Waals surface area (Å²) in [5.74, 6) is 0.438. The summed E-state index contributed by atoms with van der Waals surface area (Å²) in [6, 6.07) is 6.76. The van der Waals surface area contributed by atoms with Crippen LogP contribution in [0.3, 0.4) is 0 Å². The minimum absolute atomic E-state index is 0.186. The number of aryl methyl sites for hydroxylation is 1. The van der Waals surface area contributed by atoms with Gasteiger partial charge in [-0.2, -0.15) is 0 Å². The maximum Gasteiger partial charge on any atom is 0.134 e. The Morgan fingerprint density at radius 1 is 1.26 bits per heavy atom. The lowest BCUT2D eigenvalue weighted by Gasteiger charge is -2.24. The van der Waals surface area contributed by atoms with E-state index in [1.807, 2.05) is 11.8 Å². The molecular formula is C17H24OS. The Morgan fingerprint density at radius 3 is 2.63 bits per heavy atom. The van der Waals surface area contributed by atoms with Crippen LogP contribution in [0, 0.1) is 6.92 Å². The number of rotatable bonds is 2. The molecule has 0 N–H and O–H groups in total. The molecule has 1 atom stereocenters. The first-order valence-corrected chi connectivity index (χ1v) is 8.04. The highest BCUT2D eigenvalue weighted by Crippen LogP contribution is 2.36. The lowest BCUT2D eigenvalue weighted by atomic mass is 9.87. The molecule has 2 rings (SSSR count).